The Balaban J connectivity index is 2.19. The summed E-state index contributed by atoms with van der Waals surface area (Å²) in [6.45, 7) is 0. The van der Waals surface area contributed by atoms with Gasteiger partial charge in [-0.1, -0.05) is 0 Å². The van der Waals surface area contributed by atoms with Gasteiger partial charge in [-0.3, -0.25) is 0 Å². The van der Waals surface area contributed by atoms with Gasteiger partial charge in [0.05, 0.1) is 16.3 Å². The minimum Gasteiger partial charge on any atom is -0.238 e. The molecule has 1 saturated carbocycles. The van der Waals surface area contributed by atoms with Crippen LogP contribution in [0.15, 0.2) is 17.6 Å². The van der Waals surface area contributed by atoms with Crippen molar-refractivity contribution >= 4 is 21.6 Å². The fraction of sp³-hybridized carbons (Fsp3) is 0.300. The number of fused-ring (bicyclic) bond motifs is 1. The average molecular weight is 201 g/mol. The number of rotatable bonds is 1. The van der Waals surface area contributed by atoms with E-state index in [1.807, 2.05) is 17.6 Å². The third-order valence-corrected chi connectivity index (χ3v) is 3.44. The lowest BCUT2D eigenvalue weighted by atomic mass is 10.1. The first kappa shape index (κ1) is 7.89. The van der Waals surface area contributed by atoms with Crippen LogP contribution in [0.5, 0.6) is 0 Å². The van der Waals surface area contributed by atoms with Gasteiger partial charge in [0.25, 0.3) is 0 Å². The van der Waals surface area contributed by atoms with E-state index in [1.165, 1.54) is 0 Å². The summed E-state index contributed by atoms with van der Waals surface area (Å²) in [6, 6.07) is 4.27. The summed E-state index contributed by atoms with van der Waals surface area (Å²) in [4.78, 5) is 8.68. The minimum absolute atomic E-state index is 0.365. The van der Waals surface area contributed by atoms with Gasteiger partial charge in [-0.2, -0.15) is 5.26 Å². The van der Waals surface area contributed by atoms with Crippen molar-refractivity contribution in [3.63, 3.8) is 0 Å². The number of nitriles is 1. The monoisotopic (exact) mass is 201 g/mol. The molecule has 2 aromatic rings. The van der Waals surface area contributed by atoms with Crippen molar-refractivity contribution in [3.05, 3.63) is 23.5 Å². The first-order valence-corrected chi connectivity index (χ1v) is 5.34. The van der Waals surface area contributed by atoms with E-state index in [-0.39, 0.29) is 5.41 Å². The van der Waals surface area contributed by atoms with Crippen LogP contribution in [-0.4, -0.2) is 9.97 Å². The topological polar surface area (TPSA) is 49.6 Å². The summed E-state index contributed by atoms with van der Waals surface area (Å²) in [5.74, 6) is 0.700. The Kier molecular flexibility index (Phi) is 1.42. The molecule has 1 fully saturated rings. The molecule has 0 aromatic carbocycles. The van der Waals surface area contributed by atoms with E-state index in [1.54, 1.807) is 11.3 Å². The SMILES string of the molecule is N#CC1(c2ncc3sccc3n2)CC1. The van der Waals surface area contributed by atoms with Crippen molar-refractivity contribution in [1.29, 1.82) is 5.26 Å². The standard InChI is InChI=1S/C10H7N3S/c11-6-10(2-3-10)9-12-5-8-7(13-9)1-4-14-8/h1,4-5H,2-3H2. The second-order valence-corrected chi connectivity index (χ2v) is 4.51. The second kappa shape index (κ2) is 2.52. The van der Waals surface area contributed by atoms with Crippen LogP contribution in [0.1, 0.15) is 18.7 Å². The Hall–Kier alpha value is -1.47. The molecule has 3 nitrogen and oxygen atoms in total. The van der Waals surface area contributed by atoms with Crippen LogP contribution in [0.4, 0.5) is 0 Å². The van der Waals surface area contributed by atoms with Gasteiger partial charge < -0.3 is 0 Å². The fourth-order valence-electron chi connectivity index (χ4n) is 1.51. The van der Waals surface area contributed by atoms with Crippen molar-refractivity contribution in [2.24, 2.45) is 0 Å². The summed E-state index contributed by atoms with van der Waals surface area (Å²) in [5, 5.41) is 11.0. The number of aromatic nitrogens is 2. The molecule has 0 N–H and O–H groups in total. The van der Waals surface area contributed by atoms with Gasteiger partial charge in [0, 0.05) is 6.20 Å². The number of nitrogens with zero attached hydrogens (tertiary/aromatic N) is 3. The summed E-state index contributed by atoms with van der Waals surface area (Å²) >= 11 is 1.63. The Morgan fingerprint density at radius 3 is 3.07 bits per heavy atom. The van der Waals surface area contributed by atoms with Crippen LogP contribution in [-0.2, 0) is 5.41 Å². The van der Waals surface area contributed by atoms with E-state index in [9.17, 15) is 0 Å². The molecular weight excluding hydrogens is 194 g/mol. The second-order valence-electron chi connectivity index (χ2n) is 3.56. The summed E-state index contributed by atoms with van der Waals surface area (Å²) in [6.07, 6.45) is 3.62. The smallest absolute Gasteiger partial charge is 0.149 e. The molecule has 0 saturated heterocycles. The molecule has 68 valence electrons. The molecule has 0 bridgehead atoms. The lowest BCUT2D eigenvalue weighted by molar-refractivity contribution is 0.808. The highest BCUT2D eigenvalue weighted by atomic mass is 32.1. The first-order chi connectivity index (χ1) is 6.84. The van der Waals surface area contributed by atoms with Crippen LogP contribution in [0.25, 0.3) is 10.2 Å². The van der Waals surface area contributed by atoms with Gasteiger partial charge in [0.1, 0.15) is 11.2 Å². The Morgan fingerprint density at radius 2 is 2.36 bits per heavy atom. The van der Waals surface area contributed by atoms with Gasteiger partial charge >= 0.3 is 0 Å². The Labute approximate surface area is 85.0 Å². The van der Waals surface area contributed by atoms with E-state index >= 15 is 0 Å². The van der Waals surface area contributed by atoms with Crippen molar-refractivity contribution < 1.29 is 0 Å². The van der Waals surface area contributed by atoms with Crippen molar-refractivity contribution in [3.8, 4) is 6.07 Å². The zero-order chi connectivity index (χ0) is 9.60. The fourth-order valence-corrected chi connectivity index (χ4v) is 2.20. The predicted octanol–water partition coefficient (Wildman–Crippen LogP) is 2.25. The van der Waals surface area contributed by atoms with Crippen LogP contribution >= 0.6 is 11.3 Å². The highest BCUT2D eigenvalue weighted by Crippen LogP contribution is 2.46. The van der Waals surface area contributed by atoms with Crippen LogP contribution in [0.3, 0.4) is 0 Å². The van der Waals surface area contributed by atoms with Gasteiger partial charge in [-0.05, 0) is 24.3 Å². The maximum Gasteiger partial charge on any atom is 0.149 e. The van der Waals surface area contributed by atoms with Crippen molar-refractivity contribution in [2.45, 2.75) is 18.3 Å². The van der Waals surface area contributed by atoms with E-state index in [4.69, 9.17) is 5.26 Å². The Bertz CT molecular complexity index is 534. The molecule has 4 heteroatoms. The third-order valence-electron chi connectivity index (χ3n) is 2.60. The highest BCUT2D eigenvalue weighted by molar-refractivity contribution is 7.17. The zero-order valence-corrected chi connectivity index (χ0v) is 8.21. The predicted molar refractivity (Wildman–Crippen MR) is 53.9 cm³/mol. The average Bonchev–Trinajstić information content (AvgIpc) is 2.89. The van der Waals surface area contributed by atoms with Crippen LogP contribution in [0, 0.1) is 11.3 Å². The first-order valence-electron chi connectivity index (χ1n) is 4.46. The maximum atomic E-state index is 9.01. The molecule has 14 heavy (non-hydrogen) atoms. The Morgan fingerprint density at radius 1 is 1.50 bits per heavy atom. The van der Waals surface area contributed by atoms with Crippen LogP contribution in [0.2, 0.25) is 0 Å². The number of thiophene rings is 1. The molecule has 0 amide bonds. The van der Waals surface area contributed by atoms with Gasteiger partial charge in [-0.25, -0.2) is 9.97 Å². The summed E-state index contributed by atoms with van der Waals surface area (Å²) < 4.78 is 1.09. The van der Waals surface area contributed by atoms with E-state index < -0.39 is 0 Å². The number of hydrogen-bond acceptors (Lipinski definition) is 4. The maximum absolute atomic E-state index is 9.01. The highest BCUT2D eigenvalue weighted by Gasteiger charge is 2.47. The molecular formula is C10H7N3S. The van der Waals surface area contributed by atoms with E-state index in [0.717, 1.165) is 23.1 Å². The molecule has 1 aliphatic rings. The largest absolute Gasteiger partial charge is 0.238 e. The zero-order valence-electron chi connectivity index (χ0n) is 7.40. The van der Waals surface area contributed by atoms with E-state index in [0.29, 0.717) is 5.82 Å². The molecule has 0 radical (unpaired) electrons. The third kappa shape index (κ3) is 0.962. The van der Waals surface area contributed by atoms with Gasteiger partial charge in [0.2, 0.25) is 0 Å². The molecule has 0 atom stereocenters. The van der Waals surface area contributed by atoms with Crippen LogP contribution < -0.4 is 0 Å². The molecule has 0 unspecified atom stereocenters. The molecule has 2 aromatic heterocycles. The quantitative estimate of drug-likeness (QED) is 0.711. The molecule has 0 aliphatic heterocycles. The van der Waals surface area contributed by atoms with E-state index in [2.05, 4.69) is 16.0 Å². The molecule has 0 spiro atoms. The summed E-state index contributed by atoms with van der Waals surface area (Å²) in [5.41, 5.74) is 0.595. The molecule has 2 heterocycles. The van der Waals surface area contributed by atoms with Gasteiger partial charge in [-0.15, -0.1) is 11.3 Å². The number of hydrogen-bond donors (Lipinski definition) is 0. The molecule has 3 rings (SSSR count). The van der Waals surface area contributed by atoms with Crippen molar-refractivity contribution in [2.75, 3.05) is 0 Å². The van der Waals surface area contributed by atoms with Gasteiger partial charge in [0.15, 0.2) is 0 Å². The van der Waals surface area contributed by atoms with Crippen molar-refractivity contribution in [1.82, 2.24) is 9.97 Å². The lowest BCUT2D eigenvalue weighted by Gasteiger charge is -2.02. The molecule has 1 aliphatic carbocycles. The summed E-state index contributed by atoms with van der Waals surface area (Å²) in [7, 11) is 0. The normalized spacial score (nSPS) is 17.9. The minimum atomic E-state index is -0.365. The lowest BCUT2D eigenvalue weighted by Crippen LogP contribution is -2.07.